The number of anilines is 2. The molecule has 0 spiro atoms. The third-order valence-corrected chi connectivity index (χ3v) is 2.68. The van der Waals surface area contributed by atoms with Crippen LogP contribution in [0.4, 0.5) is 20.2 Å². The second-order valence-electron chi connectivity index (χ2n) is 4.07. The van der Waals surface area contributed by atoms with E-state index in [1.165, 1.54) is 18.2 Å². The zero-order valence-corrected chi connectivity index (χ0v) is 11.0. The van der Waals surface area contributed by atoms with Crippen LogP contribution in [0.15, 0.2) is 42.5 Å². The minimum atomic E-state index is -0.381. The van der Waals surface area contributed by atoms with Crippen LogP contribution in [0.25, 0.3) is 0 Å². The third kappa shape index (κ3) is 3.72. The molecule has 2 N–H and O–H groups in total. The maximum Gasteiger partial charge on any atom is 0.175 e. The molecular formula is C14H12F2N2S. The number of rotatable bonds is 2. The summed E-state index contributed by atoms with van der Waals surface area (Å²) in [5.41, 5.74) is 1.86. The van der Waals surface area contributed by atoms with Gasteiger partial charge in [0.25, 0.3) is 0 Å². The van der Waals surface area contributed by atoms with Crippen molar-refractivity contribution in [3.8, 4) is 0 Å². The average molecular weight is 278 g/mol. The van der Waals surface area contributed by atoms with E-state index in [9.17, 15) is 8.78 Å². The van der Waals surface area contributed by atoms with Crippen LogP contribution in [0.1, 0.15) is 5.56 Å². The van der Waals surface area contributed by atoms with Gasteiger partial charge in [-0.1, -0.05) is 6.07 Å². The summed E-state index contributed by atoms with van der Waals surface area (Å²) in [6, 6.07) is 10.4. The minimum absolute atomic E-state index is 0.246. The van der Waals surface area contributed by atoms with E-state index in [0.29, 0.717) is 11.4 Å². The largest absolute Gasteiger partial charge is 0.332 e. The number of hydrogen-bond acceptors (Lipinski definition) is 1. The van der Waals surface area contributed by atoms with Crippen LogP contribution in [0.2, 0.25) is 0 Å². The van der Waals surface area contributed by atoms with Crippen molar-refractivity contribution >= 4 is 28.7 Å². The first-order chi connectivity index (χ1) is 9.04. The van der Waals surface area contributed by atoms with Gasteiger partial charge in [-0.2, -0.15) is 0 Å². The number of hydrogen-bond donors (Lipinski definition) is 2. The van der Waals surface area contributed by atoms with E-state index in [-0.39, 0.29) is 16.7 Å². The predicted octanol–water partition coefficient (Wildman–Crippen LogP) is 4.08. The summed E-state index contributed by atoms with van der Waals surface area (Å²) in [6.45, 7) is 1.86. The Labute approximate surface area is 115 Å². The average Bonchev–Trinajstić information content (AvgIpc) is 2.37. The zero-order chi connectivity index (χ0) is 13.8. The minimum Gasteiger partial charge on any atom is -0.332 e. The highest BCUT2D eigenvalue weighted by Crippen LogP contribution is 2.16. The lowest BCUT2D eigenvalue weighted by molar-refractivity contribution is 0.628. The standard InChI is InChI=1S/C14H12F2N2S/c1-9-2-7-12(16)13(8-9)18-14(19)17-11-5-3-10(15)4-6-11/h2-8H,1H3,(H2,17,18,19). The Hall–Kier alpha value is -2.01. The molecule has 0 aliphatic rings. The lowest BCUT2D eigenvalue weighted by Gasteiger charge is -2.11. The van der Waals surface area contributed by atoms with E-state index in [1.807, 2.05) is 6.92 Å². The summed E-state index contributed by atoms with van der Waals surface area (Å²) >= 11 is 5.07. The summed E-state index contributed by atoms with van der Waals surface area (Å²) in [5.74, 6) is -0.706. The fourth-order valence-corrected chi connectivity index (χ4v) is 1.78. The highest BCUT2D eigenvalue weighted by molar-refractivity contribution is 7.80. The van der Waals surface area contributed by atoms with Crippen molar-refractivity contribution in [3.63, 3.8) is 0 Å². The summed E-state index contributed by atoms with van der Waals surface area (Å²) < 4.78 is 26.3. The van der Waals surface area contributed by atoms with Crippen molar-refractivity contribution in [3.05, 3.63) is 59.7 Å². The number of halogens is 2. The van der Waals surface area contributed by atoms with Gasteiger partial charge in [-0.15, -0.1) is 0 Å². The molecule has 0 radical (unpaired) electrons. The molecule has 2 nitrogen and oxygen atoms in total. The van der Waals surface area contributed by atoms with Gasteiger partial charge in [0.05, 0.1) is 5.69 Å². The van der Waals surface area contributed by atoms with Gasteiger partial charge in [-0.25, -0.2) is 8.78 Å². The summed E-state index contributed by atoms with van der Waals surface area (Å²) in [4.78, 5) is 0. The van der Waals surface area contributed by atoms with Crippen LogP contribution in [0.5, 0.6) is 0 Å². The zero-order valence-electron chi connectivity index (χ0n) is 10.2. The summed E-state index contributed by atoms with van der Waals surface area (Å²) in [7, 11) is 0. The molecule has 0 unspecified atom stereocenters. The Kier molecular flexibility index (Phi) is 4.06. The van der Waals surface area contributed by atoms with Gasteiger partial charge in [0, 0.05) is 5.69 Å². The van der Waals surface area contributed by atoms with Crippen molar-refractivity contribution in [2.24, 2.45) is 0 Å². The van der Waals surface area contributed by atoms with Gasteiger partial charge in [0.15, 0.2) is 5.11 Å². The lowest BCUT2D eigenvalue weighted by atomic mass is 10.2. The molecule has 0 fully saturated rings. The molecule has 0 saturated carbocycles. The molecule has 0 aliphatic carbocycles. The SMILES string of the molecule is Cc1ccc(F)c(NC(=S)Nc2ccc(F)cc2)c1. The first-order valence-corrected chi connectivity index (χ1v) is 6.05. The molecule has 0 heterocycles. The maximum atomic E-state index is 13.5. The van der Waals surface area contributed by atoms with Crippen LogP contribution in [0, 0.1) is 18.6 Å². The van der Waals surface area contributed by atoms with Crippen molar-refractivity contribution in [2.45, 2.75) is 6.92 Å². The summed E-state index contributed by atoms with van der Waals surface area (Å²) in [5, 5.41) is 5.86. The molecule has 19 heavy (non-hydrogen) atoms. The van der Waals surface area contributed by atoms with E-state index in [0.717, 1.165) is 5.56 Å². The third-order valence-electron chi connectivity index (χ3n) is 2.47. The number of nitrogens with one attached hydrogen (secondary N) is 2. The normalized spacial score (nSPS) is 10.1. The molecule has 5 heteroatoms. The number of benzene rings is 2. The second-order valence-corrected chi connectivity index (χ2v) is 4.48. The van der Waals surface area contributed by atoms with Crippen LogP contribution in [-0.2, 0) is 0 Å². The molecule has 2 aromatic carbocycles. The van der Waals surface area contributed by atoms with E-state index < -0.39 is 0 Å². The molecule has 0 aliphatic heterocycles. The molecule has 0 bridgehead atoms. The summed E-state index contributed by atoms with van der Waals surface area (Å²) in [6.07, 6.45) is 0. The van der Waals surface area contributed by atoms with Crippen molar-refractivity contribution in [2.75, 3.05) is 10.6 Å². The van der Waals surface area contributed by atoms with Gasteiger partial charge in [-0.05, 0) is 61.1 Å². The molecular weight excluding hydrogens is 266 g/mol. The van der Waals surface area contributed by atoms with E-state index in [2.05, 4.69) is 10.6 Å². The smallest absolute Gasteiger partial charge is 0.175 e. The van der Waals surface area contributed by atoms with Gasteiger partial charge >= 0.3 is 0 Å². The van der Waals surface area contributed by atoms with Gasteiger partial charge in [0.2, 0.25) is 0 Å². The van der Waals surface area contributed by atoms with Crippen LogP contribution >= 0.6 is 12.2 Å². The fourth-order valence-electron chi connectivity index (χ4n) is 1.55. The molecule has 0 amide bonds. The van der Waals surface area contributed by atoms with Crippen LogP contribution in [0.3, 0.4) is 0 Å². The molecule has 0 atom stereocenters. The van der Waals surface area contributed by atoms with Crippen molar-refractivity contribution in [1.82, 2.24) is 0 Å². The second kappa shape index (κ2) is 5.75. The predicted molar refractivity (Wildman–Crippen MR) is 77.4 cm³/mol. The highest BCUT2D eigenvalue weighted by Gasteiger charge is 2.04. The molecule has 0 saturated heterocycles. The van der Waals surface area contributed by atoms with Gasteiger partial charge < -0.3 is 10.6 Å². The first kappa shape index (κ1) is 13.4. The maximum absolute atomic E-state index is 13.5. The topological polar surface area (TPSA) is 24.1 Å². The Morgan fingerprint density at radius 3 is 2.37 bits per heavy atom. The Bertz CT molecular complexity index is 597. The monoisotopic (exact) mass is 278 g/mol. The Balaban J connectivity index is 2.05. The molecule has 2 aromatic rings. The lowest BCUT2D eigenvalue weighted by Crippen LogP contribution is -2.19. The molecule has 0 aromatic heterocycles. The number of thiocarbonyl (C=S) groups is 1. The Morgan fingerprint density at radius 1 is 1.00 bits per heavy atom. The Morgan fingerprint density at radius 2 is 1.68 bits per heavy atom. The number of aryl methyl sites for hydroxylation is 1. The highest BCUT2D eigenvalue weighted by atomic mass is 32.1. The van der Waals surface area contributed by atoms with Crippen LogP contribution in [-0.4, -0.2) is 5.11 Å². The molecule has 98 valence electrons. The molecule has 2 rings (SSSR count). The van der Waals surface area contributed by atoms with Gasteiger partial charge in [0.1, 0.15) is 11.6 Å². The quantitative estimate of drug-likeness (QED) is 0.809. The van der Waals surface area contributed by atoms with E-state index >= 15 is 0 Å². The van der Waals surface area contributed by atoms with E-state index in [4.69, 9.17) is 12.2 Å². The fraction of sp³-hybridized carbons (Fsp3) is 0.0714. The van der Waals surface area contributed by atoms with Crippen LogP contribution < -0.4 is 10.6 Å². The van der Waals surface area contributed by atoms with Crippen molar-refractivity contribution < 1.29 is 8.78 Å². The van der Waals surface area contributed by atoms with Gasteiger partial charge in [-0.3, -0.25) is 0 Å². The van der Waals surface area contributed by atoms with Crippen molar-refractivity contribution in [1.29, 1.82) is 0 Å². The van der Waals surface area contributed by atoms with E-state index in [1.54, 1.807) is 24.3 Å². The first-order valence-electron chi connectivity index (χ1n) is 5.64.